The number of benzene rings is 2. The molecule has 0 atom stereocenters. The summed E-state index contributed by atoms with van der Waals surface area (Å²) < 4.78 is 11.3. The van der Waals surface area contributed by atoms with Crippen molar-refractivity contribution in [2.45, 2.75) is 57.1 Å². The molecule has 0 spiro atoms. The Balaban J connectivity index is 1.40. The average Bonchev–Trinajstić information content (AvgIpc) is 2.89. The molecule has 176 valence electrons. The molecule has 1 saturated carbocycles. The van der Waals surface area contributed by atoms with Gasteiger partial charge in [0.05, 0.1) is 7.11 Å². The number of carbonyl (C=O) groups excluding carboxylic acids is 2. The third kappa shape index (κ3) is 5.67. The maximum atomic E-state index is 13.0. The van der Waals surface area contributed by atoms with Gasteiger partial charge in [-0.05, 0) is 36.1 Å². The summed E-state index contributed by atoms with van der Waals surface area (Å²) in [7, 11) is 1.63. The van der Waals surface area contributed by atoms with Crippen molar-refractivity contribution in [1.29, 1.82) is 0 Å². The topological polar surface area (TPSA) is 67.9 Å². The van der Waals surface area contributed by atoms with Crippen molar-refractivity contribution in [2.75, 3.05) is 20.2 Å². The fourth-order valence-electron chi connectivity index (χ4n) is 5.02. The van der Waals surface area contributed by atoms with E-state index < -0.39 is 11.7 Å². The van der Waals surface area contributed by atoms with E-state index in [-0.39, 0.29) is 11.8 Å². The van der Waals surface area contributed by atoms with Crippen molar-refractivity contribution in [3.05, 3.63) is 65.7 Å². The van der Waals surface area contributed by atoms with Gasteiger partial charge in [-0.15, -0.1) is 0 Å². The van der Waals surface area contributed by atoms with Crippen LogP contribution < -0.4 is 10.1 Å². The van der Waals surface area contributed by atoms with Crippen LogP contribution in [0, 0.1) is 5.92 Å². The molecule has 0 bridgehead atoms. The maximum Gasteiger partial charge on any atom is 0.408 e. The molecule has 2 amide bonds. The first kappa shape index (κ1) is 23.1. The van der Waals surface area contributed by atoms with Gasteiger partial charge in [0, 0.05) is 38.4 Å². The number of nitrogens with zero attached hydrogens (tertiary/aromatic N) is 1. The summed E-state index contributed by atoms with van der Waals surface area (Å²) in [5.41, 5.74) is 1.22. The first-order valence-electron chi connectivity index (χ1n) is 12.0. The predicted octanol–water partition coefficient (Wildman–Crippen LogP) is 5.02. The summed E-state index contributed by atoms with van der Waals surface area (Å²) in [4.78, 5) is 27.8. The zero-order chi connectivity index (χ0) is 23.1. The summed E-state index contributed by atoms with van der Waals surface area (Å²) >= 11 is 0. The van der Waals surface area contributed by atoms with Gasteiger partial charge in [-0.25, -0.2) is 4.79 Å². The van der Waals surface area contributed by atoms with Crippen LogP contribution in [0.1, 0.15) is 56.1 Å². The number of hydrogen-bond acceptors (Lipinski definition) is 4. The molecule has 4 rings (SSSR count). The lowest BCUT2D eigenvalue weighted by molar-refractivity contribution is -0.141. The van der Waals surface area contributed by atoms with E-state index in [1.54, 1.807) is 7.11 Å². The van der Waals surface area contributed by atoms with E-state index in [1.165, 1.54) is 6.42 Å². The van der Waals surface area contributed by atoms with E-state index >= 15 is 0 Å². The molecule has 1 aliphatic carbocycles. The zero-order valence-electron chi connectivity index (χ0n) is 19.4. The Morgan fingerprint density at radius 1 is 0.970 bits per heavy atom. The van der Waals surface area contributed by atoms with Crippen LogP contribution in [0.15, 0.2) is 54.6 Å². The number of piperidine rings is 1. The molecule has 0 aromatic heterocycles. The molecule has 1 heterocycles. The second kappa shape index (κ2) is 10.7. The molecule has 2 aromatic rings. The summed E-state index contributed by atoms with van der Waals surface area (Å²) in [6.45, 7) is 1.59. The van der Waals surface area contributed by atoms with E-state index in [9.17, 15) is 9.59 Å². The third-order valence-electron chi connectivity index (χ3n) is 7.02. The van der Waals surface area contributed by atoms with Crippen LogP contribution in [0.2, 0.25) is 0 Å². The Hall–Kier alpha value is -3.02. The number of hydrogen-bond donors (Lipinski definition) is 1. The van der Waals surface area contributed by atoms with E-state index in [2.05, 4.69) is 5.32 Å². The fraction of sp³-hybridized carbons (Fsp3) is 0.481. The highest BCUT2D eigenvalue weighted by Gasteiger charge is 2.42. The van der Waals surface area contributed by atoms with Gasteiger partial charge >= 0.3 is 6.09 Å². The van der Waals surface area contributed by atoms with Gasteiger partial charge in [-0.3, -0.25) is 4.79 Å². The van der Waals surface area contributed by atoms with Crippen LogP contribution in [-0.2, 0) is 21.7 Å². The van der Waals surface area contributed by atoms with Crippen LogP contribution in [0.5, 0.6) is 5.75 Å². The number of alkyl carbamates (subject to hydrolysis) is 1. The van der Waals surface area contributed by atoms with E-state index in [1.807, 2.05) is 59.5 Å². The molecule has 6 heteroatoms. The van der Waals surface area contributed by atoms with Crippen LogP contribution >= 0.6 is 0 Å². The molecule has 1 N–H and O–H groups in total. The molecule has 33 heavy (non-hydrogen) atoms. The molecule has 1 saturated heterocycles. The summed E-state index contributed by atoms with van der Waals surface area (Å²) in [6, 6.07) is 17.5. The number of carbonyl (C=O) groups is 2. The second-order valence-electron chi connectivity index (χ2n) is 9.11. The largest absolute Gasteiger partial charge is 0.497 e. The first-order valence-corrected chi connectivity index (χ1v) is 12.0. The van der Waals surface area contributed by atoms with Gasteiger partial charge in [0.1, 0.15) is 11.4 Å². The zero-order valence-corrected chi connectivity index (χ0v) is 19.4. The highest BCUT2D eigenvalue weighted by molar-refractivity contribution is 5.79. The first-order chi connectivity index (χ1) is 16.1. The number of likely N-dealkylation sites (tertiary alicyclic amines) is 1. The Bertz CT molecular complexity index is 915. The number of ether oxygens (including phenoxy) is 2. The van der Waals surface area contributed by atoms with E-state index in [4.69, 9.17) is 9.47 Å². The molecule has 1 aliphatic heterocycles. The van der Waals surface area contributed by atoms with Gasteiger partial charge in [-0.2, -0.15) is 0 Å². The predicted molar refractivity (Wildman–Crippen MR) is 127 cm³/mol. The van der Waals surface area contributed by atoms with Crippen molar-refractivity contribution < 1.29 is 19.1 Å². The van der Waals surface area contributed by atoms with Gasteiger partial charge in [0.15, 0.2) is 0 Å². The summed E-state index contributed by atoms with van der Waals surface area (Å²) in [5, 5.41) is 2.88. The minimum Gasteiger partial charge on any atom is -0.497 e. The van der Waals surface area contributed by atoms with Crippen molar-refractivity contribution in [3.63, 3.8) is 0 Å². The van der Waals surface area contributed by atoms with Gasteiger partial charge in [-0.1, -0.05) is 61.7 Å². The van der Waals surface area contributed by atoms with Crippen LogP contribution in [-0.4, -0.2) is 37.1 Å². The summed E-state index contributed by atoms with van der Waals surface area (Å²) in [5.74, 6) is 1.22. The van der Waals surface area contributed by atoms with Crippen molar-refractivity contribution >= 4 is 12.0 Å². The number of rotatable bonds is 6. The Morgan fingerprint density at radius 2 is 1.64 bits per heavy atom. The lowest BCUT2D eigenvalue weighted by Gasteiger charge is -2.42. The number of amides is 2. The Kier molecular flexibility index (Phi) is 7.53. The van der Waals surface area contributed by atoms with Crippen LogP contribution in [0.3, 0.4) is 0 Å². The SMILES string of the molecule is COc1ccc(CNC(=O)OC2(c3ccccc3)CCN(C(=O)C3CCCCC3)CC2)cc1. The third-order valence-corrected chi connectivity index (χ3v) is 7.02. The maximum absolute atomic E-state index is 13.0. The van der Waals surface area contributed by atoms with Crippen molar-refractivity contribution in [1.82, 2.24) is 10.2 Å². The highest BCUT2D eigenvalue weighted by Crippen LogP contribution is 2.38. The quantitative estimate of drug-likeness (QED) is 0.671. The second-order valence-corrected chi connectivity index (χ2v) is 9.11. The van der Waals surface area contributed by atoms with Gasteiger partial charge in [0.2, 0.25) is 5.91 Å². The van der Waals surface area contributed by atoms with Crippen molar-refractivity contribution in [2.24, 2.45) is 5.92 Å². The molecule has 2 aliphatic rings. The standard InChI is InChI=1S/C27H34N2O4/c1-32-24-14-12-21(13-15-24)20-28-26(31)33-27(23-10-6-3-7-11-23)16-18-29(19-17-27)25(30)22-8-4-2-5-9-22/h3,6-7,10-15,22H,2,4-5,8-9,16-20H2,1H3,(H,28,31). The minimum absolute atomic E-state index is 0.164. The molecular formula is C27H34N2O4. The number of methoxy groups -OCH3 is 1. The van der Waals surface area contributed by atoms with E-state index in [0.29, 0.717) is 32.5 Å². The van der Waals surface area contributed by atoms with Gasteiger partial charge < -0.3 is 19.7 Å². The minimum atomic E-state index is -0.728. The molecule has 6 nitrogen and oxygen atoms in total. The van der Waals surface area contributed by atoms with E-state index in [0.717, 1.165) is 42.6 Å². The lowest BCUT2D eigenvalue weighted by atomic mass is 9.82. The monoisotopic (exact) mass is 450 g/mol. The smallest absolute Gasteiger partial charge is 0.408 e. The van der Waals surface area contributed by atoms with Crippen molar-refractivity contribution in [3.8, 4) is 5.75 Å². The molecule has 2 aromatic carbocycles. The fourth-order valence-corrected chi connectivity index (χ4v) is 5.02. The van der Waals surface area contributed by atoms with Crippen LogP contribution in [0.4, 0.5) is 4.79 Å². The average molecular weight is 451 g/mol. The molecule has 2 fully saturated rings. The Labute approximate surface area is 196 Å². The number of nitrogens with one attached hydrogen (secondary N) is 1. The lowest BCUT2D eigenvalue weighted by Crippen LogP contribution is -2.49. The highest BCUT2D eigenvalue weighted by atomic mass is 16.6. The van der Waals surface area contributed by atoms with Crippen LogP contribution in [0.25, 0.3) is 0 Å². The molecular weight excluding hydrogens is 416 g/mol. The molecule has 0 unspecified atom stereocenters. The summed E-state index contributed by atoms with van der Waals surface area (Å²) in [6.07, 6.45) is 6.30. The van der Waals surface area contributed by atoms with Gasteiger partial charge in [0.25, 0.3) is 0 Å². The normalized spacial score (nSPS) is 18.4. The molecule has 0 radical (unpaired) electrons. The Morgan fingerprint density at radius 3 is 2.27 bits per heavy atom.